The molecule has 0 spiro atoms. The summed E-state index contributed by atoms with van der Waals surface area (Å²) in [6, 6.07) is 9.59. The molecule has 0 saturated heterocycles. The summed E-state index contributed by atoms with van der Waals surface area (Å²) in [5, 5.41) is 6.86. The number of nitrogens with one attached hydrogen (secondary N) is 1. The van der Waals surface area contributed by atoms with Gasteiger partial charge < -0.3 is 5.32 Å². The number of amides is 1. The first kappa shape index (κ1) is 19.4. The van der Waals surface area contributed by atoms with Gasteiger partial charge in [0.1, 0.15) is 5.15 Å². The number of hydrogen-bond donors (Lipinski definition) is 1. The van der Waals surface area contributed by atoms with E-state index in [9.17, 15) is 18.0 Å². The first-order valence-electron chi connectivity index (χ1n) is 9.04. The van der Waals surface area contributed by atoms with Gasteiger partial charge >= 0.3 is 6.18 Å². The van der Waals surface area contributed by atoms with Gasteiger partial charge in [-0.3, -0.25) is 4.79 Å². The zero-order valence-corrected chi connectivity index (χ0v) is 15.9. The number of fused-ring (bicyclic) bond motifs is 1. The minimum Gasteiger partial charge on any atom is -0.322 e. The quantitative estimate of drug-likeness (QED) is 0.602. The summed E-state index contributed by atoms with van der Waals surface area (Å²) in [6.07, 6.45) is -0.618. The Balaban J connectivity index is 1.59. The molecule has 1 N–H and O–H groups in total. The zero-order chi connectivity index (χ0) is 20.6. The summed E-state index contributed by atoms with van der Waals surface area (Å²) < 4.78 is 41.5. The van der Waals surface area contributed by atoms with Crippen LogP contribution in [0.15, 0.2) is 42.6 Å². The third-order valence-corrected chi connectivity index (χ3v) is 5.03. The van der Waals surface area contributed by atoms with Gasteiger partial charge in [0.15, 0.2) is 5.69 Å². The van der Waals surface area contributed by atoms with Crippen molar-refractivity contribution < 1.29 is 18.0 Å². The van der Waals surface area contributed by atoms with Crippen molar-refractivity contribution in [2.24, 2.45) is 0 Å². The highest BCUT2D eigenvalue weighted by Gasteiger charge is 2.39. The fourth-order valence-corrected chi connectivity index (χ4v) is 3.55. The number of aromatic nitrogens is 3. The Bertz CT molecular complexity index is 1040. The lowest BCUT2D eigenvalue weighted by Gasteiger charge is -2.15. The number of rotatable bonds is 3. The highest BCUT2D eigenvalue weighted by Crippen LogP contribution is 2.36. The molecule has 0 bridgehead atoms. The van der Waals surface area contributed by atoms with Gasteiger partial charge in [-0.05, 0) is 62.1 Å². The number of halogens is 4. The van der Waals surface area contributed by atoms with E-state index in [1.807, 2.05) is 0 Å². The van der Waals surface area contributed by atoms with E-state index in [1.54, 1.807) is 30.3 Å². The predicted molar refractivity (Wildman–Crippen MR) is 102 cm³/mol. The van der Waals surface area contributed by atoms with Crippen molar-refractivity contribution in [1.29, 1.82) is 0 Å². The number of pyridine rings is 1. The number of alkyl halides is 3. The lowest BCUT2D eigenvalue weighted by atomic mass is 9.95. The van der Waals surface area contributed by atoms with Crippen LogP contribution in [0.3, 0.4) is 0 Å². The first-order valence-corrected chi connectivity index (χ1v) is 9.42. The number of carbonyl (C=O) groups is 1. The van der Waals surface area contributed by atoms with Gasteiger partial charge in [-0.25, -0.2) is 9.67 Å². The fraction of sp³-hybridized carbons (Fsp3) is 0.250. The van der Waals surface area contributed by atoms with E-state index < -0.39 is 11.9 Å². The topological polar surface area (TPSA) is 59.8 Å². The van der Waals surface area contributed by atoms with Crippen LogP contribution in [0, 0.1) is 0 Å². The van der Waals surface area contributed by atoms with Gasteiger partial charge in [0.2, 0.25) is 0 Å². The molecule has 0 radical (unpaired) electrons. The molecule has 2 aromatic heterocycles. The summed E-state index contributed by atoms with van der Waals surface area (Å²) in [5.74, 6) is -0.363. The van der Waals surface area contributed by atoms with E-state index in [2.05, 4.69) is 15.4 Å². The average Bonchev–Trinajstić information content (AvgIpc) is 3.09. The van der Waals surface area contributed by atoms with Crippen LogP contribution in [0.4, 0.5) is 18.9 Å². The molecule has 4 rings (SSSR count). The van der Waals surface area contributed by atoms with Crippen molar-refractivity contribution in [3.63, 3.8) is 0 Å². The van der Waals surface area contributed by atoms with Crippen molar-refractivity contribution >= 4 is 23.2 Å². The van der Waals surface area contributed by atoms with Crippen LogP contribution in [0.25, 0.3) is 5.69 Å². The molecule has 0 saturated carbocycles. The monoisotopic (exact) mass is 420 g/mol. The normalized spacial score (nSPS) is 13.8. The van der Waals surface area contributed by atoms with Gasteiger partial charge in [0.25, 0.3) is 5.91 Å². The van der Waals surface area contributed by atoms with E-state index in [0.29, 0.717) is 35.5 Å². The number of benzene rings is 1. The third-order valence-electron chi connectivity index (χ3n) is 4.81. The molecule has 9 heteroatoms. The first-order chi connectivity index (χ1) is 13.8. The summed E-state index contributed by atoms with van der Waals surface area (Å²) in [4.78, 5) is 16.1. The Morgan fingerprint density at radius 2 is 1.79 bits per heavy atom. The van der Waals surface area contributed by atoms with Crippen LogP contribution < -0.4 is 5.32 Å². The average molecular weight is 421 g/mol. The lowest BCUT2D eigenvalue weighted by molar-refractivity contribution is -0.142. The van der Waals surface area contributed by atoms with Crippen LogP contribution >= 0.6 is 11.6 Å². The van der Waals surface area contributed by atoms with Crippen LogP contribution in [-0.4, -0.2) is 20.7 Å². The Morgan fingerprint density at radius 3 is 2.45 bits per heavy atom. The van der Waals surface area contributed by atoms with Crippen LogP contribution in [0.5, 0.6) is 0 Å². The van der Waals surface area contributed by atoms with E-state index in [-0.39, 0.29) is 16.6 Å². The van der Waals surface area contributed by atoms with Crippen molar-refractivity contribution in [2.45, 2.75) is 31.9 Å². The smallest absolute Gasteiger partial charge is 0.322 e. The molecule has 1 amide bonds. The molecule has 2 heterocycles. The molecule has 0 unspecified atom stereocenters. The van der Waals surface area contributed by atoms with E-state index >= 15 is 0 Å². The lowest BCUT2D eigenvalue weighted by Crippen LogP contribution is -2.12. The van der Waals surface area contributed by atoms with Gasteiger partial charge in [-0.1, -0.05) is 11.6 Å². The van der Waals surface area contributed by atoms with Crippen molar-refractivity contribution in [2.75, 3.05) is 5.32 Å². The zero-order valence-electron chi connectivity index (χ0n) is 15.1. The Morgan fingerprint density at radius 1 is 1.07 bits per heavy atom. The molecule has 0 atom stereocenters. The molecule has 1 aromatic carbocycles. The maximum absolute atomic E-state index is 13.4. The minimum atomic E-state index is -4.48. The van der Waals surface area contributed by atoms with E-state index in [1.165, 1.54) is 16.9 Å². The van der Waals surface area contributed by atoms with Crippen molar-refractivity contribution in [1.82, 2.24) is 14.8 Å². The predicted octanol–water partition coefficient (Wildman–Crippen LogP) is 5.07. The molecule has 1 aliphatic carbocycles. The number of nitrogens with zero attached hydrogens (tertiary/aromatic N) is 3. The minimum absolute atomic E-state index is 0.284. The van der Waals surface area contributed by atoms with Crippen LogP contribution in [0.1, 0.15) is 40.2 Å². The standard InChI is InChI=1S/C20H16ClF3N4O/c21-17-10-5-12(11-25-17)19(29)26-13-6-8-14(9-7-13)28-16-4-2-1-3-15(16)18(27-28)20(22,23)24/h5-11H,1-4H2,(H,26,29). The molecule has 5 nitrogen and oxygen atoms in total. The second kappa shape index (κ2) is 7.51. The van der Waals surface area contributed by atoms with Gasteiger partial charge in [0.05, 0.1) is 11.3 Å². The second-order valence-electron chi connectivity index (χ2n) is 6.76. The SMILES string of the molecule is O=C(Nc1ccc(-n2nc(C(F)(F)F)c3c2CCCC3)cc1)c1ccc(Cl)nc1. The van der Waals surface area contributed by atoms with Crippen molar-refractivity contribution in [3.05, 3.63) is 70.3 Å². The Kier molecular flexibility index (Phi) is 5.04. The second-order valence-corrected chi connectivity index (χ2v) is 7.15. The molecular weight excluding hydrogens is 405 g/mol. The summed E-state index contributed by atoms with van der Waals surface area (Å²) in [7, 11) is 0. The van der Waals surface area contributed by atoms with Gasteiger partial charge in [0, 0.05) is 23.1 Å². The van der Waals surface area contributed by atoms with Crippen molar-refractivity contribution in [3.8, 4) is 5.69 Å². The van der Waals surface area contributed by atoms with E-state index in [0.717, 1.165) is 12.8 Å². The number of anilines is 1. The summed E-state index contributed by atoms with van der Waals surface area (Å²) >= 11 is 5.71. The maximum atomic E-state index is 13.4. The van der Waals surface area contributed by atoms with Crippen LogP contribution in [-0.2, 0) is 19.0 Å². The molecule has 150 valence electrons. The summed E-state index contributed by atoms with van der Waals surface area (Å²) in [5.41, 5.74) is 1.45. The highest BCUT2D eigenvalue weighted by atomic mass is 35.5. The molecule has 29 heavy (non-hydrogen) atoms. The molecular formula is C20H16ClF3N4O. The maximum Gasteiger partial charge on any atom is 0.435 e. The Hall–Kier alpha value is -2.87. The largest absolute Gasteiger partial charge is 0.435 e. The third kappa shape index (κ3) is 3.98. The number of carbonyl (C=O) groups excluding carboxylic acids is 1. The molecule has 3 aromatic rings. The van der Waals surface area contributed by atoms with Gasteiger partial charge in [-0.15, -0.1) is 0 Å². The van der Waals surface area contributed by atoms with Crippen LogP contribution in [0.2, 0.25) is 5.15 Å². The molecule has 1 aliphatic rings. The van der Waals surface area contributed by atoms with E-state index in [4.69, 9.17) is 11.6 Å². The van der Waals surface area contributed by atoms with Gasteiger partial charge in [-0.2, -0.15) is 18.3 Å². The summed E-state index contributed by atoms with van der Waals surface area (Å²) in [6.45, 7) is 0. The molecule has 0 fully saturated rings. The number of hydrogen-bond acceptors (Lipinski definition) is 3. The fourth-order valence-electron chi connectivity index (χ4n) is 3.44. The highest BCUT2D eigenvalue weighted by molar-refractivity contribution is 6.29. The Labute approximate surface area is 169 Å². The molecule has 0 aliphatic heterocycles.